The van der Waals surface area contributed by atoms with Crippen molar-refractivity contribution in [2.24, 2.45) is 0 Å². The summed E-state index contributed by atoms with van der Waals surface area (Å²) in [5.41, 5.74) is 11.9. The van der Waals surface area contributed by atoms with Crippen LogP contribution in [0.5, 0.6) is 0 Å². The Morgan fingerprint density at radius 2 is 0.679 bits per heavy atom. The van der Waals surface area contributed by atoms with Crippen LogP contribution in [0.4, 0.5) is 0 Å². The number of rotatable bonds is 6. The highest BCUT2D eigenvalue weighted by Gasteiger charge is 2.21. The smallest absolute Gasteiger partial charge is 0.164 e. The summed E-state index contributed by atoms with van der Waals surface area (Å²) >= 11 is 0. The Labute approximate surface area is 323 Å². The second-order valence-corrected chi connectivity index (χ2v) is 14.0. The lowest BCUT2D eigenvalue weighted by atomic mass is 9.99. The van der Waals surface area contributed by atoms with E-state index in [0.29, 0.717) is 17.5 Å². The van der Waals surface area contributed by atoms with Crippen LogP contribution in [-0.2, 0) is 0 Å². The Hall–Kier alpha value is -7.63. The minimum absolute atomic E-state index is 0.622. The average Bonchev–Trinajstić information content (AvgIpc) is 3.80. The van der Waals surface area contributed by atoms with Gasteiger partial charge in [-0.3, -0.25) is 0 Å². The molecule has 11 aromatic rings. The fourth-order valence-corrected chi connectivity index (χ4v) is 8.26. The van der Waals surface area contributed by atoms with Crippen molar-refractivity contribution in [1.29, 1.82) is 0 Å². The fraction of sp³-hybridized carbons (Fsp3) is 0. The molecule has 0 atom stereocenters. The first-order chi connectivity index (χ1) is 27.8. The summed E-state index contributed by atoms with van der Waals surface area (Å²) in [5, 5.41) is 4.88. The fourth-order valence-electron chi connectivity index (χ4n) is 8.26. The molecular formula is C51H33N5. The molecule has 0 saturated carbocycles. The Kier molecular flexibility index (Phi) is 7.42. The molecule has 0 bridgehead atoms. The van der Waals surface area contributed by atoms with E-state index in [2.05, 4.69) is 167 Å². The lowest BCUT2D eigenvalue weighted by Crippen LogP contribution is -2.01. The number of nitrogens with zero attached hydrogens (tertiary/aromatic N) is 5. The third kappa shape index (κ3) is 5.13. The van der Waals surface area contributed by atoms with Crippen LogP contribution in [0.15, 0.2) is 200 Å². The largest absolute Gasteiger partial charge is 0.307 e. The van der Waals surface area contributed by atoms with Gasteiger partial charge in [-0.2, -0.15) is 0 Å². The molecule has 11 rings (SSSR count). The molecule has 5 heteroatoms. The molecule has 0 fully saturated rings. The molecule has 0 N–H and O–H groups in total. The van der Waals surface area contributed by atoms with Crippen LogP contribution in [0.3, 0.4) is 0 Å². The van der Waals surface area contributed by atoms with Crippen molar-refractivity contribution in [1.82, 2.24) is 24.1 Å². The number of hydrogen-bond acceptors (Lipinski definition) is 3. The minimum atomic E-state index is 0.622. The first-order valence-corrected chi connectivity index (χ1v) is 18.9. The summed E-state index contributed by atoms with van der Waals surface area (Å²) in [6.45, 7) is 0. The van der Waals surface area contributed by atoms with E-state index in [1.807, 2.05) is 42.5 Å². The summed E-state index contributed by atoms with van der Waals surface area (Å²) in [4.78, 5) is 15.3. The van der Waals surface area contributed by atoms with Crippen molar-refractivity contribution in [2.75, 3.05) is 0 Å². The predicted octanol–water partition coefficient (Wildman–Crippen LogP) is 12.7. The highest BCUT2D eigenvalue weighted by Crippen LogP contribution is 2.42. The van der Waals surface area contributed by atoms with Crippen molar-refractivity contribution in [3.05, 3.63) is 200 Å². The molecule has 0 spiro atoms. The summed E-state index contributed by atoms with van der Waals surface area (Å²) < 4.78 is 4.83. The average molecular weight is 716 g/mol. The number of benzene rings is 8. The zero-order valence-electron chi connectivity index (χ0n) is 30.3. The van der Waals surface area contributed by atoms with Gasteiger partial charge < -0.3 is 9.13 Å². The van der Waals surface area contributed by atoms with E-state index < -0.39 is 0 Å². The third-order valence-corrected chi connectivity index (χ3v) is 10.8. The molecule has 262 valence electrons. The zero-order chi connectivity index (χ0) is 37.0. The van der Waals surface area contributed by atoms with E-state index in [1.54, 1.807) is 0 Å². The van der Waals surface area contributed by atoms with Crippen molar-refractivity contribution < 1.29 is 0 Å². The monoisotopic (exact) mass is 715 g/mol. The normalized spacial score (nSPS) is 11.6. The van der Waals surface area contributed by atoms with Crippen LogP contribution in [0.25, 0.3) is 100 Å². The predicted molar refractivity (Wildman–Crippen MR) is 230 cm³/mol. The van der Waals surface area contributed by atoms with Gasteiger partial charge in [0.15, 0.2) is 17.5 Å². The quantitative estimate of drug-likeness (QED) is 0.172. The standard InChI is InChI=1S/C51H33N5/c1-4-16-34(17-5-1)39-22-10-11-25-44(39)51-53-49(35-18-6-2-7-19-35)52-50(54-51)36-28-30-38(31-29-36)56-46-27-15-13-24-41(46)43-33-32-42-40-23-12-14-26-45(40)55(47(42)48(43)56)37-20-8-3-9-21-37/h1-33H. The van der Waals surface area contributed by atoms with Crippen LogP contribution in [-0.4, -0.2) is 24.1 Å². The van der Waals surface area contributed by atoms with E-state index in [9.17, 15) is 0 Å². The van der Waals surface area contributed by atoms with Gasteiger partial charge >= 0.3 is 0 Å². The molecule has 56 heavy (non-hydrogen) atoms. The molecule has 0 aliphatic carbocycles. The second-order valence-electron chi connectivity index (χ2n) is 14.0. The first kappa shape index (κ1) is 31.9. The maximum absolute atomic E-state index is 5.16. The van der Waals surface area contributed by atoms with Gasteiger partial charge in [0, 0.05) is 49.6 Å². The van der Waals surface area contributed by atoms with Gasteiger partial charge in [-0.25, -0.2) is 15.0 Å². The van der Waals surface area contributed by atoms with E-state index in [0.717, 1.165) is 44.7 Å². The third-order valence-electron chi connectivity index (χ3n) is 10.8. The Balaban J connectivity index is 1.12. The van der Waals surface area contributed by atoms with E-state index in [4.69, 9.17) is 15.0 Å². The van der Waals surface area contributed by atoms with Crippen molar-refractivity contribution in [2.45, 2.75) is 0 Å². The summed E-state index contributed by atoms with van der Waals surface area (Å²) in [5.74, 6) is 1.89. The maximum Gasteiger partial charge on any atom is 0.164 e. The lowest BCUT2D eigenvalue weighted by molar-refractivity contribution is 1.07. The molecule has 0 aliphatic rings. The van der Waals surface area contributed by atoms with Crippen molar-refractivity contribution in [3.8, 4) is 56.7 Å². The van der Waals surface area contributed by atoms with Crippen LogP contribution in [0, 0.1) is 0 Å². The second kappa shape index (κ2) is 13.0. The molecule has 3 heterocycles. The molecule has 0 unspecified atom stereocenters. The Morgan fingerprint density at radius 1 is 0.268 bits per heavy atom. The number of fused-ring (bicyclic) bond motifs is 7. The Morgan fingerprint density at radius 3 is 1.25 bits per heavy atom. The van der Waals surface area contributed by atoms with Gasteiger partial charge in [0.25, 0.3) is 0 Å². The number of aromatic nitrogens is 5. The SMILES string of the molecule is c1ccc(-c2nc(-c3ccc(-n4c5ccccc5c5ccc6c7ccccc7n(-c7ccccc7)c6c54)cc3)nc(-c3ccccc3-c3ccccc3)n2)cc1. The molecule has 3 aromatic heterocycles. The van der Waals surface area contributed by atoms with Gasteiger partial charge in [0.1, 0.15) is 0 Å². The van der Waals surface area contributed by atoms with Crippen molar-refractivity contribution >= 4 is 43.6 Å². The Bertz CT molecular complexity index is 3220. The molecule has 0 radical (unpaired) electrons. The lowest BCUT2D eigenvalue weighted by Gasteiger charge is -2.14. The van der Waals surface area contributed by atoms with Gasteiger partial charge in [-0.05, 0) is 59.7 Å². The molecule has 5 nitrogen and oxygen atoms in total. The topological polar surface area (TPSA) is 48.5 Å². The van der Waals surface area contributed by atoms with Crippen molar-refractivity contribution in [3.63, 3.8) is 0 Å². The van der Waals surface area contributed by atoms with Crippen LogP contribution >= 0.6 is 0 Å². The van der Waals surface area contributed by atoms with Gasteiger partial charge in [0.2, 0.25) is 0 Å². The molecule has 0 saturated heterocycles. The van der Waals surface area contributed by atoms with Crippen LogP contribution in [0.1, 0.15) is 0 Å². The van der Waals surface area contributed by atoms with Gasteiger partial charge in [0.05, 0.1) is 22.1 Å². The van der Waals surface area contributed by atoms with E-state index >= 15 is 0 Å². The van der Waals surface area contributed by atoms with Crippen LogP contribution in [0.2, 0.25) is 0 Å². The molecule has 0 aliphatic heterocycles. The highest BCUT2D eigenvalue weighted by molar-refractivity contribution is 6.23. The van der Waals surface area contributed by atoms with Gasteiger partial charge in [-0.1, -0.05) is 152 Å². The minimum Gasteiger partial charge on any atom is -0.307 e. The summed E-state index contributed by atoms with van der Waals surface area (Å²) in [7, 11) is 0. The molecule has 0 amide bonds. The zero-order valence-corrected chi connectivity index (χ0v) is 30.3. The molecule has 8 aromatic carbocycles. The van der Waals surface area contributed by atoms with Crippen LogP contribution < -0.4 is 0 Å². The summed E-state index contributed by atoms with van der Waals surface area (Å²) in [6, 6.07) is 70.2. The highest BCUT2D eigenvalue weighted by atomic mass is 15.1. The number of para-hydroxylation sites is 3. The van der Waals surface area contributed by atoms with E-state index in [1.165, 1.54) is 38.1 Å². The number of hydrogen-bond donors (Lipinski definition) is 0. The molecular weight excluding hydrogens is 683 g/mol. The van der Waals surface area contributed by atoms with Gasteiger partial charge in [-0.15, -0.1) is 0 Å². The van der Waals surface area contributed by atoms with E-state index in [-0.39, 0.29) is 0 Å². The summed E-state index contributed by atoms with van der Waals surface area (Å²) in [6.07, 6.45) is 0. The maximum atomic E-state index is 5.16. The first-order valence-electron chi connectivity index (χ1n) is 18.9.